The second kappa shape index (κ2) is 6.35. The lowest BCUT2D eigenvalue weighted by Gasteiger charge is -2.33. The molecule has 1 atom stereocenters. The second-order valence-electron chi connectivity index (χ2n) is 6.50. The summed E-state index contributed by atoms with van der Waals surface area (Å²) in [7, 11) is 2.23. The quantitative estimate of drug-likeness (QED) is 0.599. The van der Waals surface area contributed by atoms with Crippen LogP contribution in [0.15, 0.2) is 60.7 Å². The van der Waals surface area contributed by atoms with Crippen LogP contribution in [0, 0.1) is 6.92 Å². The van der Waals surface area contributed by atoms with E-state index >= 15 is 0 Å². The Balaban J connectivity index is 0.00000156. The first-order chi connectivity index (χ1) is 10.7. The molecule has 118 valence electrons. The van der Waals surface area contributed by atoms with Crippen LogP contribution < -0.4 is 0 Å². The van der Waals surface area contributed by atoms with Gasteiger partial charge in [0.2, 0.25) is 0 Å². The molecule has 0 saturated heterocycles. The molecule has 1 heterocycles. The van der Waals surface area contributed by atoms with Crippen molar-refractivity contribution in [2.24, 2.45) is 0 Å². The number of fused-ring (bicyclic) bond motifs is 2. The van der Waals surface area contributed by atoms with Gasteiger partial charge in [-0.3, -0.25) is 0 Å². The van der Waals surface area contributed by atoms with Crippen molar-refractivity contribution in [3.63, 3.8) is 0 Å². The minimum atomic E-state index is 0. The Morgan fingerprint density at radius 3 is 2.52 bits per heavy atom. The molecule has 1 nitrogen and oxygen atoms in total. The van der Waals surface area contributed by atoms with Crippen LogP contribution in [-0.4, -0.2) is 18.5 Å². The molecule has 0 fully saturated rings. The van der Waals surface area contributed by atoms with Crippen molar-refractivity contribution in [3.05, 3.63) is 82.9 Å². The highest BCUT2D eigenvalue weighted by molar-refractivity contribution is 5.85. The van der Waals surface area contributed by atoms with Gasteiger partial charge in [0, 0.05) is 19.0 Å². The largest absolute Gasteiger partial charge is 0.301 e. The molecule has 0 amide bonds. The van der Waals surface area contributed by atoms with Gasteiger partial charge in [-0.1, -0.05) is 60.7 Å². The van der Waals surface area contributed by atoms with Gasteiger partial charge in [-0.05, 0) is 47.0 Å². The predicted octanol–water partition coefficient (Wildman–Crippen LogP) is 5.15. The number of aryl methyl sites for hydroxylation is 1. The van der Waals surface area contributed by atoms with E-state index in [0.29, 0.717) is 5.92 Å². The van der Waals surface area contributed by atoms with Gasteiger partial charge in [0.15, 0.2) is 0 Å². The van der Waals surface area contributed by atoms with Crippen LogP contribution >= 0.6 is 12.4 Å². The topological polar surface area (TPSA) is 3.24 Å². The third kappa shape index (κ3) is 2.87. The number of rotatable bonds is 1. The molecule has 0 N–H and O–H groups in total. The molecule has 0 bridgehead atoms. The summed E-state index contributed by atoms with van der Waals surface area (Å²) in [4.78, 5) is 2.44. The van der Waals surface area contributed by atoms with E-state index in [0.717, 1.165) is 13.1 Å². The van der Waals surface area contributed by atoms with Crippen molar-refractivity contribution in [1.82, 2.24) is 4.90 Å². The SMILES string of the molecule is Cc1cccc2c1CN(C)CC2c1ccc2ccccc2c1.Cl. The Bertz CT molecular complexity index is 840. The average Bonchev–Trinajstić information content (AvgIpc) is 2.55. The highest BCUT2D eigenvalue weighted by Gasteiger charge is 2.25. The van der Waals surface area contributed by atoms with Crippen LogP contribution in [0.4, 0.5) is 0 Å². The molecule has 4 rings (SSSR count). The number of likely N-dealkylation sites (N-methyl/N-ethyl adjacent to an activating group) is 1. The summed E-state index contributed by atoms with van der Waals surface area (Å²) in [6.07, 6.45) is 0. The van der Waals surface area contributed by atoms with Crippen molar-refractivity contribution < 1.29 is 0 Å². The molecule has 0 aliphatic carbocycles. The second-order valence-corrected chi connectivity index (χ2v) is 6.50. The van der Waals surface area contributed by atoms with Gasteiger partial charge in [0.05, 0.1) is 0 Å². The first-order valence-corrected chi connectivity index (χ1v) is 7.98. The third-order valence-corrected chi connectivity index (χ3v) is 4.92. The Kier molecular flexibility index (Phi) is 4.43. The zero-order valence-corrected chi connectivity index (χ0v) is 14.4. The summed E-state index contributed by atoms with van der Waals surface area (Å²) in [5.41, 5.74) is 5.86. The molecule has 0 aromatic heterocycles. The fourth-order valence-corrected chi connectivity index (χ4v) is 3.72. The Hall–Kier alpha value is -1.83. The van der Waals surface area contributed by atoms with Crippen molar-refractivity contribution in [1.29, 1.82) is 0 Å². The van der Waals surface area contributed by atoms with E-state index < -0.39 is 0 Å². The van der Waals surface area contributed by atoms with Crippen LogP contribution in [0.25, 0.3) is 10.8 Å². The van der Waals surface area contributed by atoms with Crippen LogP contribution in [0.1, 0.15) is 28.2 Å². The van der Waals surface area contributed by atoms with Crippen molar-refractivity contribution >= 4 is 23.2 Å². The molecule has 3 aromatic carbocycles. The first kappa shape index (κ1) is 16.0. The molecular weight excluding hydrogens is 302 g/mol. The first-order valence-electron chi connectivity index (χ1n) is 7.98. The molecule has 23 heavy (non-hydrogen) atoms. The van der Waals surface area contributed by atoms with E-state index in [4.69, 9.17) is 0 Å². The van der Waals surface area contributed by atoms with E-state index in [1.54, 1.807) is 0 Å². The van der Waals surface area contributed by atoms with Crippen molar-refractivity contribution in [3.8, 4) is 0 Å². The fourth-order valence-electron chi connectivity index (χ4n) is 3.72. The fraction of sp³-hybridized carbons (Fsp3) is 0.238. The van der Waals surface area contributed by atoms with Crippen LogP contribution in [-0.2, 0) is 6.54 Å². The molecule has 0 saturated carbocycles. The van der Waals surface area contributed by atoms with E-state index in [1.807, 2.05) is 0 Å². The van der Waals surface area contributed by atoms with Gasteiger partial charge in [-0.2, -0.15) is 0 Å². The van der Waals surface area contributed by atoms with Gasteiger partial charge >= 0.3 is 0 Å². The third-order valence-electron chi connectivity index (χ3n) is 4.92. The molecule has 1 aliphatic heterocycles. The maximum atomic E-state index is 2.44. The number of hydrogen-bond donors (Lipinski definition) is 0. The Morgan fingerprint density at radius 2 is 1.70 bits per heavy atom. The van der Waals surface area contributed by atoms with E-state index in [2.05, 4.69) is 79.5 Å². The predicted molar refractivity (Wildman–Crippen MR) is 101 cm³/mol. The lowest BCUT2D eigenvalue weighted by molar-refractivity contribution is 0.294. The number of benzene rings is 3. The Labute approximate surface area is 144 Å². The highest BCUT2D eigenvalue weighted by atomic mass is 35.5. The standard InChI is InChI=1S/C21H21N.ClH/c1-15-6-5-9-19-20(15)13-22(2)14-21(19)18-11-10-16-7-3-4-8-17(16)12-18;/h3-12,21H,13-14H2,1-2H3;1H. The summed E-state index contributed by atoms with van der Waals surface area (Å²) in [6.45, 7) is 4.39. The summed E-state index contributed by atoms with van der Waals surface area (Å²) in [6, 6.07) is 22.3. The average molecular weight is 324 g/mol. The smallest absolute Gasteiger partial charge is 0.0236 e. The van der Waals surface area contributed by atoms with Gasteiger partial charge in [0.1, 0.15) is 0 Å². The maximum absolute atomic E-state index is 2.44. The molecular formula is C21H22ClN. The van der Waals surface area contributed by atoms with E-state index in [1.165, 1.54) is 33.0 Å². The lowest BCUT2D eigenvalue weighted by Crippen LogP contribution is -2.31. The van der Waals surface area contributed by atoms with E-state index in [9.17, 15) is 0 Å². The van der Waals surface area contributed by atoms with Crippen molar-refractivity contribution in [2.45, 2.75) is 19.4 Å². The molecule has 1 aliphatic rings. The van der Waals surface area contributed by atoms with Crippen LogP contribution in [0.5, 0.6) is 0 Å². The van der Waals surface area contributed by atoms with Crippen molar-refractivity contribution in [2.75, 3.05) is 13.6 Å². The van der Waals surface area contributed by atoms with Gasteiger partial charge in [-0.25, -0.2) is 0 Å². The molecule has 0 spiro atoms. The van der Waals surface area contributed by atoms with Gasteiger partial charge < -0.3 is 4.90 Å². The maximum Gasteiger partial charge on any atom is 0.0236 e. The molecule has 0 radical (unpaired) electrons. The van der Waals surface area contributed by atoms with Crippen LogP contribution in [0.2, 0.25) is 0 Å². The summed E-state index contributed by atoms with van der Waals surface area (Å²) in [5.74, 6) is 0.471. The summed E-state index contributed by atoms with van der Waals surface area (Å²) < 4.78 is 0. The molecule has 2 heteroatoms. The number of nitrogens with zero attached hydrogens (tertiary/aromatic N) is 1. The highest BCUT2D eigenvalue weighted by Crippen LogP contribution is 2.35. The summed E-state index contributed by atoms with van der Waals surface area (Å²) in [5, 5.41) is 2.65. The number of hydrogen-bond acceptors (Lipinski definition) is 1. The minimum Gasteiger partial charge on any atom is -0.301 e. The Morgan fingerprint density at radius 1 is 0.913 bits per heavy atom. The van der Waals surface area contributed by atoms with E-state index in [-0.39, 0.29) is 12.4 Å². The van der Waals surface area contributed by atoms with Crippen LogP contribution in [0.3, 0.4) is 0 Å². The lowest BCUT2D eigenvalue weighted by atomic mass is 9.82. The molecule has 3 aromatic rings. The number of halogens is 1. The minimum absolute atomic E-state index is 0. The monoisotopic (exact) mass is 323 g/mol. The zero-order valence-electron chi connectivity index (χ0n) is 13.6. The summed E-state index contributed by atoms with van der Waals surface area (Å²) >= 11 is 0. The zero-order chi connectivity index (χ0) is 15.1. The normalized spacial score (nSPS) is 17.6. The molecule has 1 unspecified atom stereocenters. The van der Waals surface area contributed by atoms with Gasteiger partial charge in [0.25, 0.3) is 0 Å². The van der Waals surface area contributed by atoms with Gasteiger partial charge in [-0.15, -0.1) is 12.4 Å².